The Bertz CT molecular complexity index is 397. The molecule has 0 saturated carbocycles. The van der Waals surface area contributed by atoms with Crippen molar-refractivity contribution < 1.29 is 4.79 Å². The molecule has 110 valence electrons. The van der Waals surface area contributed by atoms with Crippen molar-refractivity contribution in [3.8, 4) is 0 Å². The SMILES string of the molecule is CCC(CC)(CN)C(=O)N(C)Cc1ccc(Cl)s1.Cl. The molecule has 2 N–H and O–H groups in total. The minimum absolute atomic E-state index is 0. The minimum atomic E-state index is -0.421. The largest absolute Gasteiger partial charge is 0.340 e. The first-order chi connectivity index (χ1) is 8.49. The van der Waals surface area contributed by atoms with Crippen LogP contribution in [0.2, 0.25) is 4.34 Å². The van der Waals surface area contributed by atoms with Gasteiger partial charge in [-0.25, -0.2) is 0 Å². The Morgan fingerprint density at radius 1 is 1.42 bits per heavy atom. The molecular weight excluding hydrogens is 303 g/mol. The predicted molar refractivity (Wildman–Crippen MR) is 85.1 cm³/mol. The van der Waals surface area contributed by atoms with Crippen LogP contribution in [0.4, 0.5) is 0 Å². The Balaban J connectivity index is 0.00000324. The highest BCUT2D eigenvalue weighted by molar-refractivity contribution is 7.16. The van der Waals surface area contributed by atoms with Crippen LogP contribution >= 0.6 is 35.3 Å². The zero-order valence-corrected chi connectivity index (χ0v) is 14.0. The van der Waals surface area contributed by atoms with E-state index in [1.807, 2.05) is 33.0 Å². The first-order valence-electron chi connectivity index (χ1n) is 6.19. The molecule has 0 spiro atoms. The van der Waals surface area contributed by atoms with Crippen LogP contribution < -0.4 is 5.73 Å². The van der Waals surface area contributed by atoms with E-state index in [1.165, 1.54) is 11.3 Å². The van der Waals surface area contributed by atoms with E-state index in [4.69, 9.17) is 17.3 Å². The van der Waals surface area contributed by atoms with E-state index in [9.17, 15) is 4.79 Å². The molecule has 1 aromatic rings. The Morgan fingerprint density at radius 3 is 2.37 bits per heavy atom. The van der Waals surface area contributed by atoms with Crippen molar-refractivity contribution in [2.45, 2.75) is 33.2 Å². The molecule has 1 aromatic heterocycles. The van der Waals surface area contributed by atoms with Gasteiger partial charge in [0.1, 0.15) is 0 Å². The number of halogens is 2. The lowest BCUT2D eigenvalue weighted by atomic mass is 9.81. The zero-order chi connectivity index (χ0) is 13.8. The van der Waals surface area contributed by atoms with Crippen LogP contribution in [0.3, 0.4) is 0 Å². The fourth-order valence-electron chi connectivity index (χ4n) is 2.08. The molecule has 0 aliphatic carbocycles. The highest BCUT2D eigenvalue weighted by atomic mass is 35.5. The van der Waals surface area contributed by atoms with Crippen LogP contribution in [-0.2, 0) is 11.3 Å². The molecule has 0 aliphatic heterocycles. The number of rotatable bonds is 6. The van der Waals surface area contributed by atoms with E-state index >= 15 is 0 Å². The summed E-state index contributed by atoms with van der Waals surface area (Å²) in [4.78, 5) is 15.3. The monoisotopic (exact) mass is 324 g/mol. The molecule has 0 saturated heterocycles. The van der Waals surface area contributed by atoms with Crippen molar-refractivity contribution in [2.24, 2.45) is 11.1 Å². The molecule has 0 atom stereocenters. The molecule has 3 nitrogen and oxygen atoms in total. The molecule has 0 fully saturated rings. The summed E-state index contributed by atoms with van der Waals surface area (Å²) in [7, 11) is 1.83. The number of hydrogen-bond donors (Lipinski definition) is 1. The normalized spacial score (nSPS) is 11.0. The van der Waals surface area contributed by atoms with E-state index in [0.717, 1.165) is 22.1 Å². The van der Waals surface area contributed by atoms with Crippen molar-refractivity contribution >= 4 is 41.3 Å². The average Bonchev–Trinajstić information content (AvgIpc) is 2.77. The molecule has 0 bridgehead atoms. The fraction of sp³-hybridized carbons (Fsp3) is 0.615. The maximum Gasteiger partial charge on any atom is 0.230 e. The van der Waals surface area contributed by atoms with Crippen molar-refractivity contribution in [1.82, 2.24) is 4.90 Å². The van der Waals surface area contributed by atoms with Gasteiger partial charge in [-0.15, -0.1) is 23.7 Å². The highest BCUT2D eigenvalue weighted by Crippen LogP contribution is 2.29. The zero-order valence-electron chi connectivity index (χ0n) is 11.6. The lowest BCUT2D eigenvalue weighted by Gasteiger charge is -2.33. The number of carbonyl (C=O) groups is 1. The quantitative estimate of drug-likeness (QED) is 0.869. The van der Waals surface area contributed by atoms with Gasteiger partial charge in [-0.2, -0.15) is 0 Å². The summed E-state index contributed by atoms with van der Waals surface area (Å²) in [6, 6.07) is 3.81. The maximum absolute atomic E-state index is 12.5. The third-order valence-corrected chi connectivity index (χ3v) is 4.78. The number of hydrogen-bond acceptors (Lipinski definition) is 3. The number of carbonyl (C=O) groups excluding carboxylic acids is 1. The van der Waals surface area contributed by atoms with Crippen LogP contribution in [0.1, 0.15) is 31.6 Å². The molecular formula is C13H22Cl2N2OS. The molecule has 1 amide bonds. The summed E-state index contributed by atoms with van der Waals surface area (Å²) in [5.74, 6) is 0.125. The second-order valence-electron chi connectivity index (χ2n) is 4.56. The van der Waals surface area contributed by atoms with Gasteiger partial charge in [0, 0.05) is 18.5 Å². The summed E-state index contributed by atoms with van der Waals surface area (Å²) < 4.78 is 0.752. The lowest BCUT2D eigenvalue weighted by molar-refractivity contribution is -0.141. The van der Waals surface area contributed by atoms with Crippen molar-refractivity contribution in [2.75, 3.05) is 13.6 Å². The molecule has 0 aliphatic rings. The van der Waals surface area contributed by atoms with E-state index in [-0.39, 0.29) is 18.3 Å². The molecule has 0 aromatic carbocycles. The third-order valence-electron chi connectivity index (χ3n) is 3.57. The summed E-state index contributed by atoms with van der Waals surface area (Å²) >= 11 is 7.40. The number of thiophene rings is 1. The summed E-state index contributed by atoms with van der Waals surface area (Å²) in [5, 5.41) is 0. The van der Waals surface area contributed by atoms with Gasteiger partial charge < -0.3 is 10.6 Å². The number of amides is 1. The topological polar surface area (TPSA) is 46.3 Å². The Hall–Kier alpha value is -0.290. The Morgan fingerprint density at radius 2 is 2.00 bits per heavy atom. The van der Waals surface area contributed by atoms with E-state index in [0.29, 0.717) is 13.1 Å². The van der Waals surface area contributed by atoms with Gasteiger partial charge in [0.05, 0.1) is 16.3 Å². The average molecular weight is 325 g/mol. The van der Waals surface area contributed by atoms with Gasteiger partial charge in [0.15, 0.2) is 0 Å². The first-order valence-corrected chi connectivity index (χ1v) is 7.38. The Kier molecular flexibility index (Phi) is 7.98. The van der Waals surface area contributed by atoms with Crippen LogP contribution in [0.15, 0.2) is 12.1 Å². The summed E-state index contributed by atoms with van der Waals surface area (Å²) in [5.41, 5.74) is 5.38. The van der Waals surface area contributed by atoms with Gasteiger partial charge in [-0.05, 0) is 25.0 Å². The molecule has 1 rings (SSSR count). The van der Waals surface area contributed by atoms with E-state index in [1.54, 1.807) is 4.90 Å². The van der Waals surface area contributed by atoms with Crippen LogP contribution in [-0.4, -0.2) is 24.4 Å². The maximum atomic E-state index is 12.5. The smallest absolute Gasteiger partial charge is 0.230 e. The molecule has 6 heteroatoms. The minimum Gasteiger partial charge on any atom is -0.340 e. The van der Waals surface area contributed by atoms with Crippen molar-refractivity contribution in [3.05, 3.63) is 21.3 Å². The second kappa shape index (κ2) is 8.10. The van der Waals surface area contributed by atoms with Gasteiger partial charge in [-0.1, -0.05) is 25.4 Å². The predicted octanol–water partition coefficient (Wildman–Crippen LogP) is 3.55. The van der Waals surface area contributed by atoms with Gasteiger partial charge >= 0.3 is 0 Å². The standard InChI is InChI=1S/C13H21ClN2OS.ClH/c1-4-13(5-2,9-15)12(17)16(3)8-10-6-7-11(14)18-10;/h6-7H,4-5,8-9,15H2,1-3H3;1H. The summed E-state index contributed by atoms with van der Waals surface area (Å²) in [6.07, 6.45) is 1.54. The van der Waals surface area contributed by atoms with E-state index < -0.39 is 5.41 Å². The fourth-order valence-corrected chi connectivity index (χ4v) is 3.22. The molecule has 0 radical (unpaired) electrons. The Labute approximate surface area is 130 Å². The highest BCUT2D eigenvalue weighted by Gasteiger charge is 2.35. The van der Waals surface area contributed by atoms with Gasteiger partial charge in [0.25, 0.3) is 0 Å². The summed E-state index contributed by atoms with van der Waals surface area (Å²) in [6.45, 7) is 5.03. The molecule has 0 unspecified atom stereocenters. The van der Waals surface area contributed by atoms with Crippen LogP contribution in [0.25, 0.3) is 0 Å². The van der Waals surface area contributed by atoms with Gasteiger partial charge in [0.2, 0.25) is 5.91 Å². The van der Waals surface area contributed by atoms with Crippen molar-refractivity contribution in [1.29, 1.82) is 0 Å². The first kappa shape index (κ1) is 18.7. The lowest BCUT2D eigenvalue weighted by Crippen LogP contribution is -2.45. The van der Waals surface area contributed by atoms with Gasteiger partial charge in [-0.3, -0.25) is 4.79 Å². The van der Waals surface area contributed by atoms with Crippen LogP contribution in [0.5, 0.6) is 0 Å². The second-order valence-corrected chi connectivity index (χ2v) is 6.36. The molecule has 19 heavy (non-hydrogen) atoms. The molecule has 1 heterocycles. The van der Waals surface area contributed by atoms with Crippen molar-refractivity contribution in [3.63, 3.8) is 0 Å². The number of nitrogens with two attached hydrogens (primary N) is 1. The third kappa shape index (κ3) is 4.35. The number of nitrogens with zero attached hydrogens (tertiary/aromatic N) is 1. The van der Waals surface area contributed by atoms with Crippen LogP contribution in [0, 0.1) is 5.41 Å². The van der Waals surface area contributed by atoms with E-state index in [2.05, 4.69) is 0 Å².